The summed E-state index contributed by atoms with van der Waals surface area (Å²) in [4.78, 5) is 16.1. The van der Waals surface area contributed by atoms with Crippen molar-refractivity contribution < 1.29 is 0 Å². The molecule has 0 spiro atoms. The van der Waals surface area contributed by atoms with E-state index in [1.165, 1.54) is 10.8 Å². The van der Waals surface area contributed by atoms with E-state index < -0.39 is 0 Å². The fraction of sp³-hybridized carbons (Fsp3) is 0.409. The maximum absolute atomic E-state index is 4.94. The lowest BCUT2D eigenvalue weighted by molar-refractivity contribution is 0.189. The number of pyridine rings is 1. The Balaban J connectivity index is 1.56. The lowest BCUT2D eigenvalue weighted by atomic mass is 9.93. The van der Waals surface area contributed by atoms with Crippen molar-refractivity contribution in [2.45, 2.75) is 32.9 Å². The quantitative estimate of drug-likeness (QED) is 0.559. The van der Waals surface area contributed by atoms with Gasteiger partial charge in [0, 0.05) is 43.6 Å². The zero-order valence-corrected chi connectivity index (χ0v) is 16.6. The average Bonchev–Trinajstić information content (AvgIpc) is 3.26. The van der Waals surface area contributed by atoms with Crippen LogP contribution >= 0.6 is 0 Å². The van der Waals surface area contributed by atoms with Crippen molar-refractivity contribution in [3.63, 3.8) is 0 Å². The van der Waals surface area contributed by atoms with Gasteiger partial charge >= 0.3 is 0 Å². The summed E-state index contributed by atoms with van der Waals surface area (Å²) in [7, 11) is 0. The zero-order chi connectivity index (χ0) is 19.3. The molecule has 1 aliphatic heterocycles. The first-order valence-corrected chi connectivity index (χ1v) is 10.1. The van der Waals surface area contributed by atoms with E-state index in [0.717, 1.165) is 37.7 Å². The van der Waals surface area contributed by atoms with Gasteiger partial charge in [-0.3, -0.25) is 4.98 Å². The third-order valence-electron chi connectivity index (χ3n) is 5.60. The first kappa shape index (κ1) is 18.5. The molecule has 146 valence electrons. The second-order valence-corrected chi connectivity index (χ2v) is 7.44. The fourth-order valence-corrected chi connectivity index (χ4v) is 3.98. The van der Waals surface area contributed by atoms with Crippen LogP contribution in [-0.2, 0) is 6.54 Å². The number of benzene rings is 1. The van der Waals surface area contributed by atoms with Crippen molar-refractivity contribution in [1.82, 2.24) is 24.8 Å². The molecular formula is C22H28N6. The first-order valence-electron chi connectivity index (χ1n) is 10.1. The Morgan fingerprint density at radius 2 is 2.14 bits per heavy atom. The van der Waals surface area contributed by atoms with Crippen LogP contribution in [-0.4, -0.2) is 45.0 Å². The Bertz CT molecular complexity index is 928. The number of hydrogen-bond acceptors (Lipinski definition) is 3. The molecule has 2 atom stereocenters. The minimum Gasteiger partial charge on any atom is -0.357 e. The minimum atomic E-state index is 0.413. The van der Waals surface area contributed by atoms with E-state index in [0.29, 0.717) is 18.5 Å². The van der Waals surface area contributed by atoms with Crippen LogP contribution in [0.5, 0.6) is 0 Å². The lowest BCUT2D eigenvalue weighted by Gasteiger charge is -2.39. The van der Waals surface area contributed by atoms with Gasteiger partial charge in [0.1, 0.15) is 0 Å². The van der Waals surface area contributed by atoms with E-state index in [2.05, 4.69) is 75.1 Å². The third-order valence-corrected chi connectivity index (χ3v) is 5.60. The van der Waals surface area contributed by atoms with Crippen molar-refractivity contribution in [1.29, 1.82) is 0 Å². The fourth-order valence-electron chi connectivity index (χ4n) is 3.98. The van der Waals surface area contributed by atoms with E-state index in [-0.39, 0.29) is 0 Å². The largest absolute Gasteiger partial charge is 0.357 e. The Labute approximate surface area is 166 Å². The number of rotatable bonds is 4. The van der Waals surface area contributed by atoms with Crippen LogP contribution < -0.4 is 5.32 Å². The van der Waals surface area contributed by atoms with Gasteiger partial charge in [-0.2, -0.15) is 0 Å². The van der Waals surface area contributed by atoms with Gasteiger partial charge in [0.05, 0.1) is 24.6 Å². The molecule has 1 N–H and O–H groups in total. The summed E-state index contributed by atoms with van der Waals surface area (Å²) >= 11 is 0. The van der Waals surface area contributed by atoms with Gasteiger partial charge in [-0.25, -0.2) is 9.98 Å². The molecule has 0 amide bonds. The Morgan fingerprint density at radius 1 is 1.25 bits per heavy atom. The van der Waals surface area contributed by atoms with Gasteiger partial charge < -0.3 is 14.8 Å². The molecule has 0 radical (unpaired) electrons. The van der Waals surface area contributed by atoms with Gasteiger partial charge in [0.15, 0.2) is 5.96 Å². The molecule has 2 unspecified atom stereocenters. The molecule has 0 bridgehead atoms. The predicted octanol–water partition coefficient (Wildman–Crippen LogP) is 3.48. The molecule has 1 fully saturated rings. The highest BCUT2D eigenvalue weighted by Crippen LogP contribution is 2.27. The topological polar surface area (TPSA) is 58.3 Å². The third kappa shape index (κ3) is 3.86. The highest BCUT2D eigenvalue weighted by molar-refractivity contribution is 5.85. The highest BCUT2D eigenvalue weighted by atomic mass is 15.3. The Morgan fingerprint density at radius 3 is 2.96 bits per heavy atom. The molecule has 0 aliphatic carbocycles. The van der Waals surface area contributed by atoms with E-state index in [4.69, 9.17) is 4.99 Å². The molecule has 6 nitrogen and oxygen atoms in total. The van der Waals surface area contributed by atoms with E-state index in [9.17, 15) is 0 Å². The summed E-state index contributed by atoms with van der Waals surface area (Å²) < 4.78 is 2.23. The summed E-state index contributed by atoms with van der Waals surface area (Å²) in [5.74, 6) is 1.59. The van der Waals surface area contributed by atoms with E-state index >= 15 is 0 Å². The Kier molecular flexibility index (Phi) is 5.55. The summed E-state index contributed by atoms with van der Waals surface area (Å²) in [6.45, 7) is 7.82. The molecule has 1 saturated heterocycles. The van der Waals surface area contributed by atoms with Gasteiger partial charge in [-0.1, -0.05) is 31.2 Å². The lowest BCUT2D eigenvalue weighted by Crippen LogP contribution is -2.49. The maximum Gasteiger partial charge on any atom is 0.194 e. The number of imidazole rings is 1. The molecule has 1 aromatic carbocycles. The standard InChI is InChI=1S/C22H28N6/c1-3-24-22(26-14-20-19-7-5-4-6-18(19)8-10-25-20)27-12-9-17(2)21(15-27)28-13-11-23-16-28/h4-8,10-11,13,16-17,21H,3,9,12,14-15H2,1-2H3,(H,24,26). The number of likely N-dealkylation sites (tertiary alicyclic amines) is 1. The molecule has 4 rings (SSSR count). The second kappa shape index (κ2) is 8.42. The van der Waals surface area contributed by atoms with Gasteiger partial charge in [-0.05, 0) is 30.7 Å². The molecular weight excluding hydrogens is 348 g/mol. The average molecular weight is 377 g/mol. The number of fused-ring (bicyclic) bond motifs is 1. The maximum atomic E-state index is 4.94. The number of guanidine groups is 1. The monoisotopic (exact) mass is 376 g/mol. The van der Waals surface area contributed by atoms with Crippen molar-refractivity contribution in [3.05, 3.63) is 60.9 Å². The van der Waals surface area contributed by atoms with Gasteiger partial charge in [-0.15, -0.1) is 0 Å². The first-order chi connectivity index (χ1) is 13.8. The van der Waals surface area contributed by atoms with E-state index in [1.807, 2.05) is 18.7 Å². The number of aromatic nitrogens is 3. The second-order valence-electron chi connectivity index (χ2n) is 7.44. The predicted molar refractivity (Wildman–Crippen MR) is 113 cm³/mol. The van der Waals surface area contributed by atoms with Gasteiger partial charge in [0.25, 0.3) is 0 Å². The SMILES string of the molecule is CCNC(=NCc1nccc2ccccc12)N1CCC(C)C(n2ccnc2)C1. The van der Waals surface area contributed by atoms with E-state index in [1.54, 1.807) is 0 Å². The van der Waals surface area contributed by atoms with Gasteiger partial charge in [0.2, 0.25) is 0 Å². The van der Waals surface area contributed by atoms with Crippen LogP contribution in [0.2, 0.25) is 0 Å². The summed E-state index contributed by atoms with van der Waals surface area (Å²) in [5, 5.41) is 5.86. The smallest absolute Gasteiger partial charge is 0.194 e. The molecule has 1 aliphatic rings. The minimum absolute atomic E-state index is 0.413. The van der Waals surface area contributed by atoms with Crippen LogP contribution in [0, 0.1) is 5.92 Å². The molecule has 0 saturated carbocycles. The van der Waals surface area contributed by atoms with Crippen LogP contribution in [0.25, 0.3) is 10.8 Å². The zero-order valence-electron chi connectivity index (χ0n) is 16.6. The van der Waals surface area contributed by atoms with Crippen molar-refractivity contribution >= 4 is 16.7 Å². The number of nitrogens with one attached hydrogen (secondary N) is 1. The summed E-state index contributed by atoms with van der Waals surface area (Å²) in [6.07, 6.45) is 8.86. The normalized spacial score (nSPS) is 20.5. The number of piperidine rings is 1. The summed E-state index contributed by atoms with van der Waals surface area (Å²) in [6, 6.07) is 10.8. The molecule has 28 heavy (non-hydrogen) atoms. The van der Waals surface area contributed by atoms with Crippen LogP contribution in [0.15, 0.2) is 60.2 Å². The molecule has 6 heteroatoms. The molecule has 2 aromatic heterocycles. The molecule has 3 aromatic rings. The van der Waals surface area contributed by atoms with Crippen LogP contribution in [0.3, 0.4) is 0 Å². The van der Waals surface area contributed by atoms with Crippen molar-refractivity contribution in [2.24, 2.45) is 10.9 Å². The van der Waals surface area contributed by atoms with Crippen LogP contribution in [0.1, 0.15) is 32.0 Å². The Hall–Kier alpha value is -2.89. The summed E-state index contributed by atoms with van der Waals surface area (Å²) in [5.41, 5.74) is 1.02. The van der Waals surface area contributed by atoms with Crippen LogP contribution in [0.4, 0.5) is 0 Å². The number of hydrogen-bond donors (Lipinski definition) is 1. The van der Waals surface area contributed by atoms with Crippen molar-refractivity contribution in [2.75, 3.05) is 19.6 Å². The molecule has 3 heterocycles. The number of aliphatic imine (C=N–C) groups is 1. The van der Waals surface area contributed by atoms with Crippen molar-refractivity contribution in [3.8, 4) is 0 Å². The highest BCUT2D eigenvalue weighted by Gasteiger charge is 2.28. The number of nitrogens with zero attached hydrogens (tertiary/aromatic N) is 5.